The lowest BCUT2D eigenvalue weighted by atomic mass is 9.69. The van der Waals surface area contributed by atoms with Crippen molar-refractivity contribution < 1.29 is 33.6 Å². The molecule has 0 amide bonds. The molecule has 1 N–H and O–H groups in total. The largest absolute Gasteiger partial charge is 0.469 e. The quantitative estimate of drug-likeness (QED) is 0.588. The average Bonchev–Trinajstić information content (AvgIpc) is 3.08. The lowest BCUT2D eigenvalue weighted by Crippen LogP contribution is -2.47. The highest BCUT2D eigenvalue weighted by Gasteiger charge is 2.53. The number of hydrogen-bond acceptors (Lipinski definition) is 7. The van der Waals surface area contributed by atoms with Gasteiger partial charge in [-0.1, -0.05) is 12.2 Å². The van der Waals surface area contributed by atoms with E-state index in [9.17, 15) is 14.7 Å². The van der Waals surface area contributed by atoms with Crippen LogP contribution in [-0.4, -0.2) is 55.4 Å². The van der Waals surface area contributed by atoms with Gasteiger partial charge in [-0.3, -0.25) is 9.59 Å². The van der Waals surface area contributed by atoms with Gasteiger partial charge in [-0.25, -0.2) is 0 Å². The maximum absolute atomic E-state index is 12.3. The van der Waals surface area contributed by atoms with Crippen LogP contribution in [-0.2, 0) is 28.5 Å². The predicted molar refractivity (Wildman–Crippen MR) is 77.0 cm³/mol. The third-order valence-corrected chi connectivity index (χ3v) is 4.81. The first-order valence-corrected chi connectivity index (χ1v) is 7.76. The number of aliphatic hydroxyl groups excluding tert-OH is 1. The molecule has 7 nitrogen and oxygen atoms in total. The van der Waals surface area contributed by atoms with Crippen molar-refractivity contribution in [3.05, 3.63) is 12.2 Å². The summed E-state index contributed by atoms with van der Waals surface area (Å²) in [5, 5.41) is 10.7. The number of esters is 2. The number of ether oxygens (including phenoxy) is 4. The van der Waals surface area contributed by atoms with Crippen molar-refractivity contribution >= 4 is 11.9 Å². The Bertz CT molecular complexity index is 527. The van der Waals surface area contributed by atoms with Crippen LogP contribution in [0, 0.1) is 23.7 Å². The predicted octanol–water partition coefficient (Wildman–Crippen LogP) is 0.263. The first kappa shape index (κ1) is 16.4. The third kappa shape index (κ3) is 2.88. The summed E-state index contributed by atoms with van der Waals surface area (Å²) in [4.78, 5) is 24.3. The SMILES string of the molecule is COC(=O)[C@@H]1[C@H]([C@H](O)[C@@H]2COC(C)(C)O2)C=C[C@@H]2COC(=O)[C@H]12. The molecule has 128 valence electrons. The van der Waals surface area contributed by atoms with Gasteiger partial charge in [-0.15, -0.1) is 0 Å². The zero-order chi connectivity index (χ0) is 16.8. The second-order valence-corrected chi connectivity index (χ2v) is 6.69. The minimum Gasteiger partial charge on any atom is -0.469 e. The van der Waals surface area contributed by atoms with Gasteiger partial charge in [0, 0.05) is 11.8 Å². The summed E-state index contributed by atoms with van der Waals surface area (Å²) in [5.74, 6) is -3.88. The highest BCUT2D eigenvalue weighted by atomic mass is 16.7. The molecule has 0 aromatic rings. The Morgan fingerprint density at radius 1 is 1.39 bits per heavy atom. The summed E-state index contributed by atoms with van der Waals surface area (Å²) >= 11 is 0. The smallest absolute Gasteiger partial charge is 0.310 e. The Morgan fingerprint density at radius 2 is 2.13 bits per heavy atom. The van der Waals surface area contributed by atoms with Crippen LogP contribution in [0.4, 0.5) is 0 Å². The Labute approximate surface area is 134 Å². The molecule has 0 bridgehead atoms. The van der Waals surface area contributed by atoms with Crippen LogP contribution in [0.2, 0.25) is 0 Å². The van der Waals surface area contributed by atoms with Gasteiger partial charge in [0.1, 0.15) is 6.10 Å². The molecule has 2 saturated heterocycles. The normalized spacial score (nSPS) is 39.7. The second kappa shape index (κ2) is 5.89. The highest BCUT2D eigenvalue weighted by Crippen LogP contribution is 2.42. The molecule has 3 aliphatic rings. The standard InChI is InChI=1S/C16H22O7/c1-16(2)22-7-10(23-16)13(17)9-5-4-8-6-21-15(19)11(8)12(9)14(18)20-3/h4-5,8-13,17H,6-7H2,1-3H3/t8-,9-,10+,11+,12-,13+/m1/s1. The van der Waals surface area contributed by atoms with Crippen LogP contribution in [0.25, 0.3) is 0 Å². The van der Waals surface area contributed by atoms with Crippen molar-refractivity contribution in [2.24, 2.45) is 23.7 Å². The van der Waals surface area contributed by atoms with Gasteiger partial charge in [-0.05, 0) is 13.8 Å². The van der Waals surface area contributed by atoms with Crippen molar-refractivity contribution in [1.82, 2.24) is 0 Å². The van der Waals surface area contributed by atoms with E-state index in [0.29, 0.717) is 0 Å². The molecule has 1 aliphatic carbocycles. The molecule has 0 aromatic carbocycles. The number of carbonyl (C=O) groups excluding carboxylic acids is 2. The first-order chi connectivity index (χ1) is 10.8. The molecule has 3 rings (SSSR count). The van der Waals surface area contributed by atoms with Gasteiger partial charge in [-0.2, -0.15) is 0 Å². The number of rotatable bonds is 3. The van der Waals surface area contributed by atoms with Gasteiger partial charge >= 0.3 is 11.9 Å². The monoisotopic (exact) mass is 326 g/mol. The van der Waals surface area contributed by atoms with E-state index in [1.54, 1.807) is 19.9 Å². The number of hydrogen-bond donors (Lipinski definition) is 1. The Balaban J connectivity index is 1.86. The van der Waals surface area contributed by atoms with E-state index in [-0.39, 0.29) is 19.1 Å². The molecule has 2 aliphatic heterocycles. The molecule has 0 spiro atoms. The van der Waals surface area contributed by atoms with Crippen molar-refractivity contribution in [3.63, 3.8) is 0 Å². The van der Waals surface area contributed by atoms with E-state index < -0.39 is 47.7 Å². The van der Waals surface area contributed by atoms with Crippen LogP contribution < -0.4 is 0 Å². The molecule has 23 heavy (non-hydrogen) atoms. The van der Waals surface area contributed by atoms with E-state index in [1.807, 2.05) is 6.08 Å². The van der Waals surface area contributed by atoms with Crippen LogP contribution >= 0.6 is 0 Å². The molecule has 7 heteroatoms. The minimum absolute atomic E-state index is 0.160. The zero-order valence-corrected chi connectivity index (χ0v) is 13.4. The van der Waals surface area contributed by atoms with E-state index in [2.05, 4.69) is 0 Å². The fourth-order valence-electron chi connectivity index (χ4n) is 3.67. The van der Waals surface area contributed by atoms with Crippen molar-refractivity contribution in [3.8, 4) is 0 Å². The third-order valence-electron chi connectivity index (χ3n) is 4.81. The van der Waals surface area contributed by atoms with Gasteiger partial charge in [0.15, 0.2) is 5.79 Å². The summed E-state index contributed by atoms with van der Waals surface area (Å²) in [6.07, 6.45) is 2.06. The molecular formula is C16H22O7. The Morgan fingerprint density at radius 3 is 2.74 bits per heavy atom. The number of carbonyl (C=O) groups is 2. The van der Waals surface area contributed by atoms with Crippen molar-refractivity contribution in [2.75, 3.05) is 20.3 Å². The van der Waals surface area contributed by atoms with E-state index in [1.165, 1.54) is 7.11 Å². The summed E-state index contributed by atoms with van der Waals surface area (Å²) < 4.78 is 21.1. The molecule has 6 atom stereocenters. The van der Waals surface area contributed by atoms with Crippen LogP contribution in [0.3, 0.4) is 0 Å². The molecule has 0 aromatic heterocycles. The maximum Gasteiger partial charge on any atom is 0.310 e. The summed E-state index contributed by atoms with van der Waals surface area (Å²) in [6.45, 7) is 4.01. The molecule has 2 fully saturated rings. The molecule has 0 radical (unpaired) electrons. The van der Waals surface area contributed by atoms with Crippen LogP contribution in [0.15, 0.2) is 12.2 Å². The van der Waals surface area contributed by atoms with Gasteiger partial charge < -0.3 is 24.1 Å². The van der Waals surface area contributed by atoms with E-state index >= 15 is 0 Å². The Kier molecular flexibility index (Phi) is 4.20. The van der Waals surface area contributed by atoms with Crippen molar-refractivity contribution in [1.29, 1.82) is 0 Å². The summed E-state index contributed by atoms with van der Waals surface area (Å²) in [6, 6.07) is 0. The molecule has 0 saturated carbocycles. The molecule has 2 heterocycles. The fraction of sp³-hybridized carbons (Fsp3) is 0.750. The zero-order valence-electron chi connectivity index (χ0n) is 13.4. The van der Waals surface area contributed by atoms with Gasteiger partial charge in [0.05, 0.1) is 38.3 Å². The maximum atomic E-state index is 12.3. The number of cyclic esters (lactones) is 1. The summed E-state index contributed by atoms with van der Waals surface area (Å²) in [7, 11) is 1.28. The fourth-order valence-corrected chi connectivity index (χ4v) is 3.67. The van der Waals surface area contributed by atoms with E-state index in [4.69, 9.17) is 18.9 Å². The Hall–Kier alpha value is -1.44. The number of fused-ring (bicyclic) bond motifs is 1. The highest BCUT2D eigenvalue weighted by molar-refractivity contribution is 5.84. The topological polar surface area (TPSA) is 91.3 Å². The van der Waals surface area contributed by atoms with E-state index in [0.717, 1.165) is 0 Å². The van der Waals surface area contributed by atoms with Gasteiger partial charge in [0.25, 0.3) is 0 Å². The van der Waals surface area contributed by atoms with Gasteiger partial charge in [0.2, 0.25) is 0 Å². The summed E-state index contributed by atoms with van der Waals surface area (Å²) in [5.41, 5.74) is 0. The van der Waals surface area contributed by atoms with Crippen molar-refractivity contribution in [2.45, 2.75) is 31.8 Å². The minimum atomic E-state index is -0.980. The first-order valence-electron chi connectivity index (χ1n) is 7.76. The lowest BCUT2D eigenvalue weighted by molar-refractivity contribution is -0.166. The van der Waals surface area contributed by atoms with Crippen LogP contribution in [0.5, 0.6) is 0 Å². The molecule has 0 unspecified atom stereocenters. The lowest BCUT2D eigenvalue weighted by Gasteiger charge is -2.36. The van der Waals surface area contributed by atoms with Crippen LogP contribution in [0.1, 0.15) is 13.8 Å². The average molecular weight is 326 g/mol. The number of methoxy groups -OCH3 is 1. The molecular weight excluding hydrogens is 304 g/mol. The number of aliphatic hydroxyl groups is 1. The second-order valence-electron chi connectivity index (χ2n) is 6.69.